The molecule has 13 heteroatoms. The van der Waals surface area contributed by atoms with E-state index in [1.807, 2.05) is 0 Å². The van der Waals surface area contributed by atoms with Crippen LogP contribution in [-0.2, 0) is 17.5 Å². The Labute approximate surface area is 248 Å². The minimum absolute atomic E-state index is 0.0781. The molecule has 2 aliphatic rings. The lowest BCUT2D eigenvalue weighted by Crippen LogP contribution is -2.47. The van der Waals surface area contributed by atoms with Crippen molar-refractivity contribution in [2.75, 3.05) is 9.80 Å². The molecule has 0 radical (unpaired) electrons. The van der Waals surface area contributed by atoms with Gasteiger partial charge in [0, 0.05) is 34.4 Å². The minimum atomic E-state index is -4.81. The standard InChI is InChI=1S/C30H22F4N6O2S/c1-35-25-9-7-20(13-22(25)30(32,33)34)39-27(42)29(10-2-3-11-29)40(28(39)43)21-6-4-18(23(31)14-21)15-36-26(41)17-5-8-24-19(12-17)16-37-38-24/h4-9,12-14,16H,2-3,10-11,15H2,(H,36,41)(H,37,38). The lowest BCUT2D eigenvalue weighted by Gasteiger charge is -2.32. The number of hydrogen-bond donors (Lipinski definition) is 2. The first-order chi connectivity index (χ1) is 20.5. The van der Waals surface area contributed by atoms with Crippen LogP contribution < -0.4 is 15.1 Å². The monoisotopic (exact) mass is 606 g/mol. The predicted molar refractivity (Wildman–Crippen MR) is 155 cm³/mol. The van der Waals surface area contributed by atoms with E-state index in [4.69, 9.17) is 18.8 Å². The second kappa shape index (κ2) is 10.5. The van der Waals surface area contributed by atoms with E-state index in [0.29, 0.717) is 31.2 Å². The van der Waals surface area contributed by atoms with Crippen molar-refractivity contribution in [2.24, 2.45) is 0 Å². The van der Waals surface area contributed by atoms with Crippen LogP contribution in [0.25, 0.3) is 15.7 Å². The van der Waals surface area contributed by atoms with E-state index in [9.17, 15) is 22.8 Å². The third kappa shape index (κ3) is 4.77. The van der Waals surface area contributed by atoms with Gasteiger partial charge in [0.25, 0.3) is 11.8 Å². The maximum Gasteiger partial charge on any atom is 0.407 e. The maximum atomic E-state index is 15.4. The van der Waals surface area contributed by atoms with Gasteiger partial charge in [-0.2, -0.15) is 18.3 Å². The number of carbonyl (C=O) groups is 2. The van der Waals surface area contributed by atoms with E-state index >= 15 is 4.39 Å². The number of H-pyrrole nitrogens is 1. The lowest BCUT2D eigenvalue weighted by molar-refractivity contribution is -0.136. The fourth-order valence-corrected chi connectivity index (χ4v) is 6.29. The Balaban J connectivity index is 1.28. The SMILES string of the molecule is [C-]#[N+]c1ccc(N2C(=O)C3(CCCC3)N(c3ccc(CNC(=O)c4ccc5[nH]ncc5c4)c(F)c3)C2=S)cc1C(F)(F)F. The fourth-order valence-electron chi connectivity index (χ4n) is 5.82. The summed E-state index contributed by atoms with van der Waals surface area (Å²) in [6.45, 7) is 7.00. The lowest BCUT2D eigenvalue weighted by atomic mass is 9.94. The zero-order chi connectivity index (χ0) is 30.5. The Hall–Kier alpha value is -4.83. The summed E-state index contributed by atoms with van der Waals surface area (Å²) >= 11 is 5.66. The molecule has 1 aliphatic carbocycles. The van der Waals surface area contributed by atoms with Crippen molar-refractivity contribution in [3.8, 4) is 0 Å². The summed E-state index contributed by atoms with van der Waals surface area (Å²) in [7, 11) is 0. The fraction of sp³-hybridized carbons (Fsp3) is 0.233. The van der Waals surface area contributed by atoms with Crippen LogP contribution in [0.5, 0.6) is 0 Å². The number of thiocarbonyl (C=S) groups is 1. The molecule has 6 rings (SSSR count). The Morgan fingerprint density at radius 2 is 1.84 bits per heavy atom. The third-order valence-corrected chi connectivity index (χ3v) is 8.31. The van der Waals surface area contributed by atoms with E-state index in [-0.39, 0.29) is 28.6 Å². The van der Waals surface area contributed by atoms with Crippen molar-refractivity contribution < 1.29 is 27.2 Å². The molecule has 43 heavy (non-hydrogen) atoms. The van der Waals surface area contributed by atoms with Gasteiger partial charge in [0.2, 0.25) is 0 Å². The van der Waals surface area contributed by atoms with Gasteiger partial charge in [0.15, 0.2) is 10.8 Å². The van der Waals surface area contributed by atoms with Gasteiger partial charge < -0.3 is 10.2 Å². The van der Waals surface area contributed by atoms with Gasteiger partial charge in [-0.3, -0.25) is 19.6 Å². The molecule has 0 unspecified atom stereocenters. The van der Waals surface area contributed by atoms with Crippen molar-refractivity contribution in [1.29, 1.82) is 0 Å². The number of nitrogens with one attached hydrogen (secondary N) is 2. The zero-order valence-electron chi connectivity index (χ0n) is 22.3. The third-order valence-electron chi connectivity index (χ3n) is 7.94. The first kappa shape index (κ1) is 28.3. The number of aromatic amines is 1. The number of anilines is 2. The zero-order valence-corrected chi connectivity index (χ0v) is 23.2. The molecular weight excluding hydrogens is 584 g/mol. The molecule has 2 N–H and O–H groups in total. The van der Waals surface area contributed by atoms with Gasteiger partial charge in [-0.15, -0.1) is 0 Å². The summed E-state index contributed by atoms with van der Waals surface area (Å²) in [6, 6.07) is 12.3. The Bertz CT molecular complexity index is 1840. The van der Waals surface area contributed by atoms with Crippen LogP contribution in [0.4, 0.5) is 34.6 Å². The van der Waals surface area contributed by atoms with Crippen LogP contribution in [-0.4, -0.2) is 32.7 Å². The van der Waals surface area contributed by atoms with Crippen LogP contribution in [0.15, 0.2) is 60.8 Å². The van der Waals surface area contributed by atoms with Gasteiger partial charge in [-0.05, 0) is 67.5 Å². The molecule has 1 aliphatic heterocycles. The summed E-state index contributed by atoms with van der Waals surface area (Å²) in [5.74, 6) is -1.54. The number of hydrogen-bond acceptors (Lipinski definition) is 4. The summed E-state index contributed by atoms with van der Waals surface area (Å²) < 4.78 is 56.6. The highest BCUT2D eigenvalue weighted by molar-refractivity contribution is 7.81. The first-order valence-corrected chi connectivity index (χ1v) is 13.7. The van der Waals surface area contributed by atoms with E-state index in [1.54, 1.807) is 30.5 Å². The van der Waals surface area contributed by atoms with Crippen LogP contribution in [0.3, 0.4) is 0 Å². The number of nitrogens with zero attached hydrogens (tertiary/aromatic N) is 4. The van der Waals surface area contributed by atoms with Gasteiger partial charge in [0.05, 0.1) is 23.8 Å². The molecule has 1 saturated heterocycles. The molecule has 0 atom stereocenters. The average Bonchev–Trinajstić information content (AvgIpc) is 3.70. The molecule has 1 saturated carbocycles. The maximum absolute atomic E-state index is 15.4. The van der Waals surface area contributed by atoms with Gasteiger partial charge >= 0.3 is 6.18 Å². The van der Waals surface area contributed by atoms with Crippen molar-refractivity contribution in [3.63, 3.8) is 0 Å². The molecule has 2 heterocycles. The summed E-state index contributed by atoms with van der Waals surface area (Å²) in [4.78, 5) is 32.1. The minimum Gasteiger partial charge on any atom is -0.348 e. The number of carbonyl (C=O) groups excluding carboxylic acids is 2. The molecular formula is C30H22F4N6O2S. The average molecular weight is 607 g/mol. The molecule has 1 aromatic heterocycles. The van der Waals surface area contributed by atoms with Crippen LogP contribution in [0.2, 0.25) is 0 Å². The molecule has 218 valence electrons. The highest BCUT2D eigenvalue weighted by Gasteiger charge is 2.57. The Morgan fingerprint density at radius 3 is 2.53 bits per heavy atom. The van der Waals surface area contributed by atoms with E-state index in [2.05, 4.69) is 20.4 Å². The van der Waals surface area contributed by atoms with Gasteiger partial charge in [-0.25, -0.2) is 9.24 Å². The number of aromatic nitrogens is 2. The number of benzene rings is 3. The van der Waals surface area contributed by atoms with E-state index in [0.717, 1.165) is 27.9 Å². The van der Waals surface area contributed by atoms with Crippen molar-refractivity contribution >= 4 is 57.1 Å². The largest absolute Gasteiger partial charge is 0.407 e. The second-order valence-electron chi connectivity index (χ2n) is 10.4. The highest BCUT2D eigenvalue weighted by Crippen LogP contribution is 2.47. The Morgan fingerprint density at radius 1 is 1.09 bits per heavy atom. The number of fused-ring (bicyclic) bond motifs is 1. The summed E-state index contributed by atoms with van der Waals surface area (Å²) in [6.07, 6.45) is -1.09. The topological polar surface area (TPSA) is 85.7 Å². The molecule has 8 nitrogen and oxygen atoms in total. The number of halogens is 4. The van der Waals surface area contributed by atoms with Crippen LogP contribution >= 0.6 is 12.2 Å². The van der Waals surface area contributed by atoms with E-state index in [1.165, 1.54) is 23.1 Å². The van der Waals surface area contributed by atoms with Crippen molar-refractivity contribution in [1.82, 2.24) is 15.5 Å². The van der Waals surface area contributed by atoms with Crippen LogP contribution in [0.1, 0.15) is 47.2 Å². The van der Waals surface area contributed by atoms with Gasteiger partial charge in [-0.1, -0.05) is 25.0 Å². The highest BCUT2D eigenvalue weighted by atomic mass is 32.1. The van der Waals surface area contributed by atoms with Crippen molar-refractivity contribution in [3.05, 3.63) is 94.7 Å². The van der Waals surface area contributed by atoms with E-state index < -0.39 is 40.6 Å². The quantitative estimate of drug-likeness (QED) is 0.151. The smallest absolute Gasteiger partial charge is 0.348 e. The molecule has 1 spiro atoms. The molecule has 3 aromatic carbocycles. The predicted octanol–water partition coefficient (Wildman–Crippen LogP) is 6.65. The summed E-state index contributed by atoms with van der Waals surface area (Å²) in [5.41, 5.74) is -1.43. The van der Waals surface area contributed by atoms with Crippen molar-refractivity contribution in [2.45, 2.75) is 43.9 Å². The number of rotatable bonds is 5. The normalized spacial score (nSPS) is 16.3. The summed E-state index contributed by atoms with van der Waals surface area (Å²) in [5, 5.41) is 10.1. The molecule has 2 amide bonds. The van der Waals surface area contributed by atoms with Crippen LogP contribution in [0, 0.1) is 12.4 Å². The molecule has 4 aromatic rings. The first-order valence-electron chi connectivity index (χ1n) is 13.3. The van der Waals surface area contributed by atoms with Gasteiger partial charge in [0.1, 0.15) is 11.4 Å². The molecule has 2 fully saturated rings. The number of alkyl halides is 3. The molecule has 0 bridgehead atoms. The number of amides is 2. The Kier molecular flexibility index (Phi) is 6.89. The second-order valence-corrected chi connectivity index (χ2v) is 10.8.